The highest BCUT2D eigenvalue weighted by Gasteiger charge is 2.14. The summed E-state index contributed by atoms with van der Waals surface area (Å²) >= 11 is 5.82. The van der Waals surface area contributed by atoms with Crippen molar-refractivity contribution in [2.45, 2.75) is 11.8 Å². The molecule has 0 spiro atoms. The Labute approximate surface area is 178 Å². The summed E-state index contributed by atoms with van der Waals surface area (Å²) in [5.74, 6) is 1.91. The van der Waals surface area contributed by atoms with Crippen molar-refractivity contribution < 1.29 is 8.42 Å². The van der Waals surface area contributed by atoms with E-state index < -0.39 is 10.0 Å². The molecule has 0 radical (unpaired) electrons. The summed E-state index contributed by atoms with van der Waals surface area (Å²) in [6, 6.07) is 14.6. The summed E-state index contributed by atoms with van der Waals surface area (Å²) in [7, 11) is -3.70. The van der Waals surface area contributed by atoms with Crippen LogP contribution in [-0.2, 0) is 10.0 Å². The first-order chi connectivity index (χ1) is 14.4. The minimum Gasteiger partial charge on any atom is -0.340 e. The number of nitrogens with one attached hydrogen (secondary N) is 2. The molecule has 0 amide bonds. The van der Waals surface area contributed by atoms with E-state index in [9.17, 15) is 8.42 Å². The molecule has 10 heteroatoms. The first-order valence-electron chi connectivity index (χ1n) is 8.88. The van der Waals surface area contributed by atoms with E-state index in [-0.39, 0.29) is 4.90 Å². The Hall–Kier alpha value is -3.43. The molecular formula is C20H17ClN6O2S. The Bertz CT molecular complexity index is 1260. The molecule has 4 aromatic rings. The largest absolute Gasteiger partial charge is 0.340 e. The topological polar surface area (TPSA) is 102 Å². The van der Waals surface area contributed by atoms with E-state index in [2.05, 4.69) is 25.0 Å². The molecule has 0 aliphatic rings. The van der Waals surface area contributed by atoms with Crippen molar-refractivity contribution in [2.24, 2.45) is 0 Å². The van der Waals surface area contributed by atoms with E-state index in [0.29, 0.717) is 28.2 Å². The molecule has 8 nitrogen and oxygen atoms in total. The normalized spacial score (nSPS) is 11.3. The minimum atomic E-state index is -3.70. The van der Waals surface area contributed by atoms with E-state index in [1.54, 1.807) is 60.5 Å². The highest BCUT2D eigenvalue weighted by Crippen LogP contribution is 2.22. The number of rotatable bonds is 6. The Morgan fingerprint density at radius 2 is 1.67 bits per heavy atom. The lowest BCUT2D eigenvalue weighted by Gasteiger charge is -2.11. The average Bonchev–Trinajstić information content (AvgIpc) is 3.24. The number of halogens is 1. The molecule has 2 aromatic carbocycles. The first-order valence-corrected chi connectivity index (χ1v) is 10.7. The van der Waals surface area contributed by atoms with Crippen molar-refractivity contribution in [2.75, 3.05) is 10.0 Å². The number of anilines is 3. The smallest absolute Gasteiger partial charge is 0.261 e. The van der Waals surface area contributed by atoms with Crippen LogP contribution in [0.15, 0.2) is 78.2 Å². The fourth-order valence-electron chi connectivity index (χ4n) is 2.74. The van der Waals surface area contributed by atoms with Crippen LogP contribution in [0.2, 0.25) is 5.02 Å². The third-order valence-electron chi connectivity index (χ3n) is 4.13. The molecule has 0 aliphatic carbocycles. The van der Waals surface area contributed by atoms with Crippen molar-refractivity contribution in [1.29, 1.82) is 0 Å². The van der Waals surface area contributed by atoms with Crippen molar-refractivity contribution in [3.8, 4) is 5.82 Å². The molecule has 2 aromatic heterocycles. The summed E-state index contributed by atoms with van der Waals surface area (Å²) in [4.78, 5) is 12.9. The second-order valence-electron chi connectivity index (χ2n) is 6.39. The van der Waals surface area contributed by atoms with Gasteiger partial charge in [-0.3, -0.25) is 9.29 Å². The number of hydrogen-bond donors (Lipinski definition) is 2. The maximum Gasteiger partial charge on any atom is 0.261 e. The van der Waals surface area contributed by atoms with Crippen molar-refractivity contribution in [3.63, 3.8) is 0 Å². The lowest BCUT2D eigenvalue weighted by atomic mass is 10.3. The van der Waals surface area contributed by atoms with Gasteiger partial charge in [0.2, 0.25) is 0 Å². The molecule has 0 aliphatic heterocycles. The minimum absolute atomic E-state index is 0.137. The van der Waals surface area contributed by atoms with Crippen LogP contribution in [0.5, 0.6) is 0 Å². The second kappa shape index (κ2) is 8.13. The number of aryl methyl sites for hydroxylation is 1. The maximum absolute atomic E-state index is 12.5. The summed E-state index contributed by atoms with van der Waals surface area (Å²) in [6.45, 7) is 1.81. The second-order valence-corrected chi connectivity index (χ2v) is 8.51. The average molecular weight is 441 g/mol. The van der Waals surface area contributed by atoms with Crippen LogP contribution in [0.25, 0.3) is 5.82 Å². The summed E-state index contributed by atoms with van der Waals surface area (Å²) in [6.07, 6.45) is 5.13. The van der Waals surface area contributed by atoms with Gasteiger partial charge in [-0.25, -0.2) is 23.4 Å². The van der Waals surface area contributed by atoms with Crippen LogP contribution in [-0.4, -0.2) is 27.9 Å². The molecule has 0 fully saturated rings. The monoisotopic (exact) mass is 440 g/mol. The zero-order chi connectivity index (χ0) is 21.1. The van der Waals surface area contributed by atoms with Crippen LogP contribution in [0, 0.1) is 6.92 Å². The van der Waals surface area contributed by atoms with Gasteiger partial charge in [-0.1, -0.05) is 11.6 Å². The quantitative estimate of drug-likeness (QED) is 0.466. The predicted octanol–water partition coefficient (Wildman–Crippen LogP) is 4.17. The molecule has 0 saturated heterocycles. The number of aromatic nitrogens is 4. The molecule has 0 atom stereocenters. The summed E-state index contributed by atoms with van der Waals surface area (Å²) < 4.78 is 29.3. The Morgan fingerprint density at radius 3 is 2.33 bits per heavy atom. The molecule has 0 unspecified atom stereocenters. The van der Waals surface area contributed by atoms with Gasteiger partial charge in [0.15, 0.2) is 0 Å². The van der Waals surface area contributed by atoms with Gasteiger partial charge in [-0.05, 0) is 55.5 Å². The lowest BCUT2D eigenvalue weighted by Crippen LogP contribution is -2.12. The van der Waals surface area contributed by atoms with Gasteiger partial charge < -0.3 is 5.32 Å². The predicted molar refractivity (Wildman–Crippen MR) is 116 cm³/mol. The Kier molecular flexibility index (Phi) is 5.39. The molecule has 152 valence electrons. The number of imidazole rings is 1. The third kappa shape index (κ3) is 4.58. The van der Waals surface area contributed by atoms with Crippen LogP contribution in [0.1, 0.15) is 5.82 Å². The van der Waals surface area contributed by atoms with Gasteiger partial charge in [0.1, 0.15) is 23.8 Å². The molecule has 4 rings (SSSR count). The lowest BCUT2D eigenvalue weighted by molar-refractivity contribution is 0.601. The van der Waals surface area contributed by atoms with E-state index in [1.807, 2.05) is 0 Å². The zero-order valence-electron chi connectivity index (χ0n) is 15.8. The molecule has 0 saturated carbocycles. The van der Waals surface area contributed by atoms with Gasteiger partial charge in [-0.15, -0.1) is 0 Å². The van der Waals surface area contributed by atoms with Crippen LogP contribution in [0.4, 0.5) is 17.2 Å². The summed E-state index contributed by atoms with van der Waals surface area (Å²) in [5.41, 5.74) is 1.19. The van der Waals surface area contributed by atoms with Gasteiger partial charge >= 0.3 is 0 Å². The highest BCUT2D eigenvalue weighted by atomic mass is 35.5. The van der Waals surface area contributed by atoms with Gasteiger partial charge in [-0.2, -0.15) is 0 Å². The fraction of sp³-hybridized carbons (Fsp3) is 0.0500. The summed E-state index contributed by atoms with van der Waals surface area (Å²) in [5, 5.41) is 3.67. The Morgan fingerprint density at radius 1 is 0.967 bits per heavy atom. The van der Waals surface area contributed by atoms with Crippen LogP contribution >= 0.6 is 11.6 Å². The molecule has 2 N–H and O–H groups in total. The number of hydrogen-bond acceptors (Lipinski definition) is 6. The van der Waals surface area contributed by atoms with Crippen LogP contribution in [0.3, 0.4) is 0 Å². The molecule has 2 heterocycles. The van der Waals surface area contributed by atoms with E-state index >= 15 is 0 Å². The van der Waals surface area contributed by atoms with E-state index in [0.717, 1.165) is 5.69 Å². The number of benzene rings is 2. The first kappa shape index (κ1) is 19.9. The number of nitrogens with zero attached hydrogens (tertiary/aromatic N) is 4. The van der Waals surface area contributed by atoms with Gasteiger partial charge in [0.25, 0.3) is 10.0 Å². The standard InChI is InChI=1S/C20H17ClN6O2S/c1-14-23-19(12-20(24-14)27-11-10-22-13-27)25-16-4-6-17(7-5-16)26-30(28,29)18-8-2-15(21)3-9-18/h2-13,26H,1H3,(H,23,24,25). The number of sulfonamides is 1. The van der Waals surface area contributed by atoms with Crippen LogP contribution < -0.4 is 10.0 Å². The van der Waals surface area contributed by atoms with E-state index in [4.69, 9.17) is 11.6 Å². The van der Waals surface area contributed by atoms with E-state index in [1.165, 1.54) is 24.3 Å². The molecule has 30 heavy (non-hydrogen) atoms. The zero-order valence-corrected chi connectivity index (χ0v) is 17.4. The van der Waals surface area contributed by atoms with Gasteiger partial charge in [0.05, 0.1) is 4.90 Å². The third-order valence-corrected chi connectivity index (χ3v) is 5.78. The maximum atomic E-state index is 12.5. The van der Waals surface area contributed by atoms with Gasteiger partial charge in [0, 0.05) is 34.9 Å². The Balaban J connectivity index is 1.50. The van der Waals surface area contributed by atoms with Crippen molar-refractivity contribution in [1.82, 2.24) is 19.5 Å². The highest BCUT2D eigenvalue weighted by molar-refractivity contribution is 7.92. The SMILES string of the molecule is Cc1nc(Nc2ccc(NS(=O)(=O)c3ccc(Cl)cc3)cc2)cc(-n2ccnc2)n1. The fourth-order valence-corrected chi connectivity index (χ4v) is 3.92. The molecular weight excluding hydrogens is 424 g/mol. The van der Waals surface area contributed by atoms with Crippen molar-refractivity contribution >= 4 is 38.8 Å². The van der Waals surface area contributed by atoms with Crippen molar-refractivity contribution in [3.05, 3.63) is 84.2 Å². The molecule has 0 bridgehead atoms.